The zero-order chi connectivity index (χ0) is 15.2. The Morgan fingerprint density at radius 3 is 2.71 bits per heavy atom. The van der Waals surface area contributed by atoms with Crippen molar-refractivity contribution in [1.82, 2.24) is 15.1 Å². The first kappa shape index (κ1) is 15.9. The van der Waals surface area contributed by atoms with Crippen LogP contribution in [0.1, 0.15) is 30.8 Å². The topological polar surface area (TPSA) is 39.1 Å². The minimum Gasteiger partial charge on any atom is -0.486 e. The van der Waals surface area contributed by atoms with Gasteiger partial charge >= 0.3 is 0 Å². The van der Waals surface area contributed by atoms with Crippen LogP contribution < -0.4 is 10.1 Å². The van der Waals surface area contributed by atoms with E-state index in [9.17, 15) is 0 Å². The Morgan fingerprint density at radius 2 is 2.10 bits per heavy atom. The predicted molar refractivity (Wildman–Crippen MR) is 85.8 cm³/mol. The van der Waals surface area contributed by atoms with Gasteiger partial charge in [0.2, 0.25) is 0 Å². The van der Waals surface area contributed by atoms with E-state index < -0.39 is 0 Å². The molecule has 0 atom stereocenters. The Kier molecular flexibility index (Phi) is 5.65. The van der Waals surface area contributed by atoms with E-state index in [4.69, 9.17) is 16.3 Å². The van der Waals surface area contributed by atoms with E-state index in [1.807, 2.05) is 29.9 Å². The van der Waals surface area contributed by atoms with Crippen LogP contribution in [0.3, 0.4) is 0 Å². The van der Waals surface area contributed by atoms with E-state index in [0.717, 1.165) is 36.5 Å². The fourth-order valence-corrected chi connectivity index (χ4v) is 2.33. The standard InChI is InChI=1S/C16H22ClN3O/c1-4-13-9-14(20(3)19-13)11-21-16-7-6-12(8-15(16)17)10-18-5-2/h6-9,18H,4-5,10-11H2,1-3H3. The van der Waals surface area contributed by atoms with E-state index >= 15 is 0 Å². The lowest BCUT2D eigenvalue weighted by Crippen LogP contribution is -2.11. The van der Waals surface area contributed by atoms with E-state index in [-0.39, 0.29) is 0 Å². The zero-order valence-electron chi connectivity index (χ0n) is 12.8. The third-order valence-electron chi connectivity index (χ3n) is 3.34. The molecule has 114 valence electrons. The summed E-state index contributed by atoms with van der Waals surface area (Å²) in [5.74, 6) is 0.705. The van der Waals surface area contributed by atoms with Crippen LogP contribution in [0.2, 0.25) is 5.02 Å². The largest absolute Gasteiger partial charge is 0.486 e. The lowest BCUT2D eigenvalue weighted by Gasteiger charge is -2.10. The molecule has 0 saturated heterocycles. The molecule has 0 aliphatic rings. The molecule has 0 unspecified atom stereocenters. The molecular weight excluding hydrogens is 286 g/mol. The van der Waals surface area contributed by atoms with Gasteiger partial charge in [-0.1, -0.05) is 31.5 Å². The number of nitrogens with zero attached hydrogens (tertiary/aromatic N) is 2. The molecule has 0 radical (unpaired) electrons. The Balaban J connectivity index is 2.01. The maximum atomic E-state index is 6.27. The van der Waals surface area contributed by atoms with Crippen LogP contribution in [0.25, 0.3) is 0 Å². The third-order valence-corrected chi connectivity index (χ3v) is 3.64. The summed E-state index contributed by atoms with van der Waals surface area (Å²) in [5.41, 5.74) is 3.27. The molecule has 2 aromatic rings. The molecule has 0 saturated carbocycles. The molecule has 1 heterocycles. The number of ether oxygens (including phenoxy) is 1. The Hall–Kier alpha value is -1.52. The number of aromatic nitrogens is 2. The SMILES string of the molecule is CCNCc1ccc(OCc2cc(CC)nn2C)c(Cl)c1. The highest BCUT2D eigenvalue weighted by Gasteiger charge is 2.07. The van der Waals surface area contributed by atoms with E-state index in [1.165, 1.54) is 0 Å². The van der Waals surface area contributed by atoms with Crippen molar-refractivity contribution in [3.05, 3.63) is 46.2 Å². The van der Waals surface area contributed by atoms with Crippen molar-refractivity contribution >= 4 is 11.6 Å². The van der Waals surface area contributed by atoms with Crippen molar-refractivity contribution in [1.29, 1.82) is 0 Å². The van der Waals surface area contributed by atoms with Crippen LogP contribution in [-0.4, -0.2) is 16.3 Å². The summed E-state index contributed by atoms with van der Waals surface area (Å²) in [6.07, 6.45) is 0.924. The lowest BCUT2D eigenvalue weighted by atomic mass is 10.2. The average Bonchev–Trinajstić information content (AvgIpc) is 2.84. The summed E-state index contributed by atoms with van der Waals surface area (Å²) in [6.45, 7) is 6.40. The minimum atomic E-state index is 0.468. The molecule has 0 spiro atoms. The van der Waals surface area contributed by atoms with Crippen molar-refractivity contribution in [2.75, 3.05) is 6.54 Å². The normalized spacial score (nSPS) is 10.9. The Morgan fingerprint density at radius 1 is 1.29 bits per heavy atom. The van der Waals surface area contributed by atoms with Gasteiger partial charge in [0.1, 0.15) is 12.4 Å². The van der Waals surface area contributed by atoms with E-state index in [2.05, 4.69) is 30.3 Å². The predicted octanol–water partition coefficient (Wildman–Crippen LogP) is 3.32. The van der Waals surface area contributed by atoms with Crippen LogP contribution in [0, 0.1) is 0 Å². The number of halogens is 1. The number of rotatable bonds is 7. The highest BCUT2D eigenvalue weighted by molar-refractivity contribution is 6.32. The molecule has 0 fully saturated rings. The molecular formula is C16H22ClN3O. The molecule has 0 amide bonds. The summed E-state index contributed by atoms with van der Waals surface area (Å²) < 4.78 is 7.66. The number of hydrogen-bond donors (Lipinski definition) is 1. The molecule has 0 aliphatic carbocycles. The van der Waals surface area contributed by atoms with Gasteiger partial charge in [-0.15, -0.1) is 0 Å². The van der Waals surface area contributed by atoms with Crippen molar-refractivity contribution < 1.29 is 4.74 Å². The van der Waals surface area contributed by atoms with Gasteiger partial charge in [-0.05, 0) is 36.7 Å². The molecule has 2 rings (SSSR count). The fourth-order valence-electron chi connectivity index (χ4n) is 2.07. The molecule has 1 N–H and O–H groups in total. The molecule has 1 aromatic heterocycles. The molecule has 1 aromatic carbocycles. The molecule has 4 nitrogen and oxygen atoms in total. The summed E-state index contributed by atoms with van der Waals surface area (Å²) in [6, 6.07) is 7.96. The number of benzene rings is 1. The second-order valence-corrected chi connectivity index (χ2v) is 5.35. The fraction of sp³-hybridized carbons (Fsp3) is 0.438. The van der Waals surface area contributed by atoms with Crippen molar-refractivity contribution in [3.63, 3.8) is 0 Å². The summed E-state index contributed by atoms with van der Waals surface area (Å²) in [7, 11) is 1.93. The highest BCUT2D eigenvalue weighted by atomic mass is 35.5. The molecule has 5 heteroatoms. The van der Waals surface area contributed by atoms with Crippen LogP contribution in [0.4, 0.5) is 0 Å². The first-order chi connectivity index (χ1) is 10.1. The van der Waals surface area contributed by atoms with Crippen LogP contribution in [0.15, 0.2) is 24.3 Å². The number of aryl methyl sites for hydroxylation is 2. The second kappa shape index (κ2) is 7.48. The molecule has 0 bridgehead atoms. The van der Waals surface area contributed by atoms with Crippen LogP contribution in [0.5, 0.6) is 5.75 Å². The van der Waals surface area contributed by atoms with Gasteiger partial charge in [-0.3, -0.25) is 4.68 Å². The van der Waals surface area contributed by atoms with Gasteiger partial charge in [0, 0.05) is 13.6 Å². The first-order valence-electron chi connectivity index (χ1n) is 7.27. The molecule has 0 aliphatic heterocycles. The summed E-state index contributed by atoms with van der Waals surface area (Å²) >= 11 is 6.27. The second-order valence-electron chi connectivity index (χ2n) is 4.94. The molecule has 21 heavy (non-hydrogen) atoms. The smallest absolute Gasteiger partial charge is 0.138 e. The van der Waals surface area contributed by atoms with Crippen LogP contribution >= 0.6 is 11.6 Å². The Labute approximate surface area is 131 Å². The van der Waals surface area contributed by atoms with Crippen molar-refractivity contribution in [2.24, 2.45) is 7.05 Å². The minimum absolute atomic E-state index is 0.468. The highest BCUT2D eigenvalue weighted by Crippen LogP contribution is 2.26. The third kappa shape index (κ3) is 4.22. The zero-order valence-corrected chi connectivity index (χ0v) is 13.6. The maximum Gasteiger partial charge on any atom is 0.138 e. The monoisotopic (exact) mass is 307 g/mol. The van der Waals surface area contributed by atoms with Gasteiger partial charge < -0.3 is 10.1 Å². The number of nitrogens with one attached hydrogen (secondary N) is 1. The lowest BCUT2D eigenvalue weighted by molar-refractivity contribution is 0.295. The Bertz CT molecular complexity index is 595. The quantitative estimate of drug-likeness (QED) is 0.853. The van der Waals surface area contributed by atoms with Gasteiger partial charge in [0.15, 0.2) is 0 Å². The van der Waals surface area contributed by atoms with Gasteiger partial charge in [0.05, 0.1) is 16.4 Å². The van der Waals surface area contributed by atoms with Crippen LogP contribution in [-0.2, 0) is 26.6 Å². The summed E-state index contributed by atoms with van der Waals surface area (Å²) in [4.78, 5) is 0. The summed E-state index contributed by atoms with van der Waals surface area (Å²) in [5, 5.41) is 8.32. The van der Waals surface area contributed by atoms with Gasteiger partial charge in [-0.2, -0.15) is 5.10 Å². The van der Waals surface area contributed by atoms with E-state index in [1.54, 1.807) is 0 Å². The number of hydrogen-bond acceptors (Lipinski definition) is 3. The van der Waals surface area contributed by atoms with E-state index in [0.29, 0.717) is 17.4 Å². The first-order valence-corrected chi connectivity index (χ1v) is 7.65. The van der Waals surface area contributed by atoms with Gasteiger partial charge in [0.25, 0.3) is 0 Å². The van der Waals surface area contributed by atoms with Gasteiger partial charge in [-0.25, -0.2) is 0 Å². The average molecular weight is 308 g/mol. The maximum absolute atomic E-state index is 6.27. The van der Waals surface area contributed by atoms with Crippen molar-refractivity contribution in [2.45, 2.75) is 33.4 Å². The van der Waals surface area contributed by atoms with Crippen molar-refractivity contribution in [3.8, 4) is 5.75 Å².